The number of rotatable bonds is 5. The average Bonchev–Trinajstić information content (AvgIpc) is 3.43. The van der Waals surface area contributed by atoms with Gasteiger partial charge in [-0.05, 0) is 30.0 Å². The topological polar surface area (TPSA) is 61.4 Å². The highest BCUT2D eigenvalue weighted by atomic mass is 35.5. The third-order valence-corrected chi connectivity index (χ3v) is 5.29. The van der Waals surface area contributed by atoms with Gasteiger partial charge in [0.2, 0.25) is 11.9 Å². The summed E-state index contributed by atoms with van der Waals surface area (Å²) in [7, 11) is 0. The van der Waals surface area contributed by atoms with Gasteiger partial charge in [0.1, 0.15) is 0 Å². The predicted octanol–water partition coefficient (Wildman–Crippen LogP) is 2.35. The molecule has 4 rings (SSSR count). The maximum Gasteiger partial charge on any atom is 0.225 e. The van der Waals surface area contributed by atoms with Crippen LogP contribution in [-0.4, -0.2) is 47.0 Å². The molecule has 2 fully saturated rings. The lowest BCUT2D eigenvalue weighted by atomic mass is 10.0. The highest BCUT2D eigenvalue weighted by Gasteiger charge is 2.44. The van der Waals surface area contributed by atoms with Crippen LogP contribution in [0.4, 0.5) is 5.95 Å². The van der Waals surface area contributed by atoms with E-state index in [0.717, 1.165) is 51.5 Å². The molecule has 1 N–H and O–H groups in total. The van der Waals surface area contributed by atoms with Crippen molar-refractivity contribution in [2.45, 2.75) is 31.8 Å². The molecule has 1 aromatic heterocycles. The van der Waals surface area contributed by atoms with E-state index in [4.69, 9.17) is 0 Å². The van der Waals surface area contributed by atoms with Gasteiger partial charge in [-0.15, -0.1) is 12.4 Å². The Kier molecular flexibility index (Phi) is 5.97. The predicted molar refractivity (Wildman–Crippen MR) is 108 cm³/mol. The minimum Gasteiger partial charge on any atom is -0.347 e. The third-order valence-electron chi connectivity index (χ3n) is 5.29. The van der Waals surface area contributed by atoms with Gasteiger partial charge in [-0.2, -0.15) is 0 Å². The highest BCUT2D eigenvalue weighted by molar-refractivity contribution is 5.85. The van der Waals surface area contributed by atoms with Crippen molar-refractivity contribution in [3.63, 3.8) is 0 Å². The van der Waals surface area contributed by atoms with E-state index in [1.54, 1.807) is 19.3 Å². The summed E-state index contributed by atoms with van der Waals surface area (Å²) >= 11 is 0. The molecule has 0 bridgehead atoms. The van der Waals surface area contributed by atoms with Crippen molar-refractivity contribution >= 4 is 24.3 Å². The van der Waals surface area contributed by atoms with Gasteiger partial charge < -0.3 is 10.2 Å². The molecule has 1 aliphatic heterocycles. The number of carbonyl (C=O) groups excluding carboxylic acids is 1. The van der Waals surface area contributed by atoms with Gasteiger partial charge in [-0.1, -0.05) is 24.3 Å². The van der Waals surface area contributed by atoms with Crippen molar-refractivity contribution in [2.75, 3.05) is 31.1 Å². The second-order valence-corrected chi connectivity index (χ2v) is 7.27. The van der Waals surface area contributed by atoms with Gasteiger partial charge in [0.15, 0.2) is 0 Å². The SMILES string of the molecule is CC(=O)NC1(c2ccc(CN3CCN(c4ncccn4)CC3)cc2)CC1.Cl. The van der Waals surface area contributed by atoms with Crippen molar-refractivity contribution in [3.8, 4) is 0 Å². The van der Waals surface area contributed by atoms with Crippen LogP contribution in [0.15, 0.2) is 42.7 Å². The van der Waals surface area contributed by atoms with Crippen LogP contribution >= 0.6 is 12.4 Å². The Labute approximate surface area is 166 Å². The largest absolute Gasteiger partial charge is 0.347 e. The molecular weight excluding hydrogens is 362 g/mol. The van der Waals surface area contributed by atoms with Crippen LogP contribution in [0.25, 0.3) is 0 Å². The summed E-state index contributed by atoms with van der Waals surface area (Å²) in [5, 5.41) is 3.10. The molecule has 1 aromatic carbocycles. The number of amides is 1. The molecule has 2 aliphatic rings. The van der Waals surface area contributed by atoms with E-state index in [2.05, 4.69) is 49.4 Å². The van der Waals surface area contributed by atoms with Crippen LogP contribution in [0.2, 0.25) is 0 Å². The molecular formula is C20H26ClN5O. The molecule has 1 saturated carbocycles. The minimum absolute atomic E-state index is 0. The zero-order valence-electron chi connectivity index (χ0n) is 15.6. The van der Waals surface area contributed by atoms with Crippen LogP contribution in [0, 0.1) is 0 Å². The van der Waals surface area contributed by atoms with Gasteiger partial charge in [0.25, 0.3) is 0 Å². The standard InChI is InChI=1S/C20H25N5O.ClH/c1-16(26)23-20(7-8-20)18-5-3-17(4-6-18)15-24-11-13-25(14-12-24)19-21-9-2-10-22-19;/h2-6,9-10H,7-8,11-15H2,1H3,(H,23,26);1H. The Hall–Kier alpha value is -2.18. The van der Waals surface area contributed by atoms with Crippen molar-refractivity contribution in [1.29, 1.82) is 0 Å². The van der Waals surface area contributed by atoms with Gasteiger partial charge in [0.05, 0.1) is 5.54 Å². The van der Waals surface area contributed by atoms with Crippen LogP contribution in [0.3, 0.4) is 0 Å². The van der Waals surface area contributed by atoms with Crippen molar-refractivity contribution in [2.24, 2.45) is 0 Å². The van der Waals surface area contributed by atoms with Crippen molar-refractivity contribution in [3.05, 3.63) is 53.9 Å². The van der Waals surface area contributed by atoms with Crippen LogP contribution in [0.5, 0.6) is 0 Å². The molecule has 144 valence electrons. The number of carbonyl (C=O) groups is 1. The Bertz CT molecular complexity index is 756. The lowest BCUT2D eigenvalue weighted by molar-refractivity contribution is -0.120. The van der Waals surface area contributed by atoms with Crippen LogP contribution < -0.4 is 10.2 Å². The van der Waals surface area contributed by atoms with E-state index in [9.17, 15) is 4.79 Å². The molecule has 1 amide bonds. The first-order valence-corrected chi connectivity index (χ1v) is 9.27. The molecule has 0 spiro atoms. The number of nitrogens with zero attached hydrogens (tertiary/aromatic N) is 4. The van der Waals surface area contributed by atoms with Crippen LogP contribution in [0.1, 0.15) is 30.9 Å². The summed E-state index contributed by atoms with van der Waals surface area (Å²) in [4.78, 5) is 24.8. The summed E-state index contributed by atoms with van der Waals surface area (Å²) in [6.07, 6.45) is 5.67. The Morgan fingerprint density at radius 2 is 1.70 bits per heavy atom. The van der Waals surface area contributed by atoms with Crippen molar-refractivity contribution < 1.29 is 4.79 Å². The molecule has 27 heavy (non-hydrogen) atoms. The number of anilines is 1. The van der Waals surface area contributed by atoms with Gasteiger partial charge in [-0.25, -0.2) is 9.97 Å². The van der Waals surface area contributed by atoms with E-state index in [1.807, 2.05) is 6.07 Å². The van der Waals surface area contributed by atoms with E-state index < -0.39 is 0 Å². The minimum atomic E-state index is -0.105. The first-order valence-electron chi connectivity index (χ1n) is 9.27. The molecule has 1 aliphatic carbocycles. The van der Waals surface area contributed by atoms with Gasteiger partial charge in [-0.3, -0.25) is 9.69 Å². The second kappa shape index (κ2) is 8.23. The molecule has 2 aromatic rings. The summed E-state index contributed by atoms with van der Waals surface area (Å²) in [5.41, 5.74) is 2.44. The van der Waals surface area contributed by atoms with Crippen LogP contribution in [-0.2, 0) is 16.9 Å². The number of halogens is 1. The van der Waals surface area contributed by atoms with E-state index in [-0.39, 0.29) is 23.9 Å². The molecule has 0 atom stereocenters. The van der Waals surface area contributed by atoms with E-state index in [0.29, 0.717) is 0 Å². The fourth-order valence-electron chi connectivity index (χ4n) is 3.70. The number of aromatic nitrogens is 2. The first kappa shape index (κ1) is 19.6. The Morgan fingerprint density at radius 1 is 1.07 bits per heavy atom. The smallest absolute Gasteiger partial charge is 0.225 e. The summed E-state index contributed by atoms with van der Waals surface area (Å²) in [6.45, 7) is 6.47. The lowest BCUT2D eigenvalue weighted by Gasteiger charge is -2.34. The number of hydrogen-bond donors (Lipinski definition) is 1. The molecule has 2 heterocycles. The maximum absolute atomic E-state index is 11.4. The number of benzene rings is 1. The zero-order valence-corrected chi connectivity index (χ0v) is 16.4. The Balaban J connectivity index is 0.00000210. The number of hydrogen-bond acceptors (Lipinski definition) is 5. The first-order chi connectivity index (χ1) is 12.6. The molecule has 6 nitrogen and oxygen atoms in total. The highest BCUT2D eigenvalue weighted by Crippen LogP contribution is 2.45. The Morgan fingerprint density at radius 3 is 2.26 bits per heavy atom. The van der Waals surface area contributed by atoms with E-state index >= 15 is 0 Å². The van der Waals surface area contributed by atoms with Gasteiger partial charge in [0, 0.05) is 52.0 Å². The van der Waals surface area contributed by atoms with E-state index in [1.165, 1.54) is 11.1 Å². The summed E-state index contributed by atoms with van der Waals surface area (Å²) in [5.74, 6) is 0.871. The number of nitrogens with one attached hydrogen (secondary N) is 1. The second-order valence-electron chi connectivity index (χ2n) is 7.27. The van der Waals surface area contributed by atoms with Crippen molar-refractivity contribution in [1.82, 2.24) is 20.2 Å². The number of piperazine rings is 1. The average molecular weight is 388 g/mol. The molecule has 7 heteroatoms. The summed E-state index contributed by atoms with van der Waals surface area (Å²) < 4.78 is 0. The quantitative estimate of drug-likeness (QED) is 0.853. The maximum atomic E-state index is 11.4. The third kappa shape index (κ3) is 4.57. The fraction of sp³-hybridized carbons (Fsp3) is 0.450. The lowest BCUT2D eigenvalue weighted by Crippen LogP contribution is -2.46. The fourth-order valence-corrected chi connectivity index (χ4v) is 3.70. The molecule has 0 unspecified atom stereocenters. The molecule has 0 radical (unpaired) electrons. The zero-order chi connectivity index (χ0) is 18.0. The normalized spacial score (nSPS) is 18.5. The molecule has 1 saturated heterocycles. The summed E-state index contributed by atoms with van der Waals surface area (Å²) in [6, 6.07) is 10.6. The van der Waals surface area contributed by atoms with Gasteiger partial charge >= 0.3 is 0 Å². The monoisotopic (exact) mass is 387 g/mol.